The van der Waals surface area contributed by atoms with Gasteiger partial charge in [0.1, 0.15) is 17.6 Å². The SMILES string of the molecule is CC1=C(C2C=c3[nH]c(N)cc3=C2N[C@@H]2CCCN(C(=O)OC(C)(C)C)C2)C(F)C=C1. The molecule has 2 aliphatic carbocycles. The number of nitrogens with two attached hydrogens (primary N) is 1. The number of hydrogen-bond donors (Lipinski definition) is 3. The van der Waals surface area contributed by atoms with Crippen molar-refractivity contribution in [3.63, 3.8) is 0 Å². The van der Waals surface area contributed by atoms with Crippen LogP contribution < -0.4 is 21.6 Å². The Balaban J connectivity index is 1.58. The summed E-state index contributed by atoms with van der Waals surface area (Å²) < 4.78 is 20.2. The molecule has 1 saturated heterocycles. The molecule has 30 heavy (non-hydrogen) atoms. The van der Waals surface area contributed by atoms with Gasteiger partial charge in [-0.25, -0.2) is 9.18 Å². The number of nitrogen functional groups attached to an aromatic ring is 1. The molecule has 0 spiro atoms. The Morgan fingerprint density at radius 2 is 2.17 bits per heavy atom. The van der Waals surface area contributed by atoms with Crippen molar-refractivity contribution < 1.29 is 13.9 Å². The first kappa shape index (κ1) is 20.6. The first-order valence-electron chi connectivity index (χ1n) is 10.6. The van der Waals surface area contributed by atoms with E-state index in [0.717, 1.165) is 40.3 Å². The van der Waals surface area contributed by atoms with Gasteiger partial charge < -0.3 is 25.7 Å². The lowest BCUT2D eigenvalue weighted by molar-refractivity contribution is 0.0192. The lowest BCUT2D eigenvalue weighted by Crippen LogP contribution is -2.50. The second kappa shape index (κ2) is 7.52. The molecule has 7 heteroatoms. The first-order chi connectivity index (χ1) is 14.1. The average Bonchev–Trinajstić information content (AvgIpc) is 3.27. The highest BCUT2D eigenvalue weighted by atomic mass is 19.1. The third-order valence-corrected chi connectivity index (χ3v) is 5.84. The molecule has 0 bridgehead atoms. The van der Waals surface area contributed by atoms with Crippen molar-refractivity contribution in [2.75, 3.05) is 18.8 Å². The van der Waals surface area contributed by atoms with E-state index in [4.69, 9.17) is 10.5 Å². The smallest absolute Gasteiger partial charge is 0.410 e. The lowest BCUT2D eigenvalue weighted by atomic mass is 9.91. The number of piperidine rings is 1. The van der Waals surface area contributed by atoms with Crippen molar-refractivity contribution in [2.24, 2.45) is 5.92 Å². The average molecular weight is 415 g/mol. The Labute approximate surface area is 176 Å². The monoisotopic (exact) mass is 414 g/mol. The number of carbonyl (C=O) groups is 1. The molecule has 2 heterocycles. The van der Waals surface area contributed by atoms with E-state index in [9.17, 15) is 9.18 Å². The molecule has 1 aromatic rings. The van der Waals surface area contributed by atoms with Gasteiger partial charge in [0.2, 0.25) is 0 Å². The van der Waals surface area contributed by atoms with Crippen LogP contribution in [0, 0.1) is 5.92 Å². The number of amides is 1. The molecule has 1 aromatic heterocycles. The normalized spacial score (nSPS) is 26.1. The van der Waals surface area contributed by atoms with Crippen LogP contribution in [0.1, 0.15) is 40.5 Å². The highest BCUT2D eigenvalue weighted by Crippen LogP contribution is 2.35. The van der Waals surface area contributed by atoms with Gasteiger partial charge in [-0.15, -0.1) is 0 Å². The van der Waals surface area contributed by atoms with Gasteiger partial charge in [0, 0.05) is 41.3 Å². The number of aromatic amines is 1. The number of fused-ring (bicyclic) bond motifs is 1. The van der Waals surface area contributed by atoms with Crippen LogP contribution in [-0.4, -0.2) is 46.9 Å². The van der Waals surface area contributed by atoms with Crippen LogP contribution in [0.4, 0.5) is 15.0 Å². The largest absolute Gasteiger partial charge is 0.444 e. The first-order valence-corrected chi connectivity index (χ1v) is 10.6. The van der Waals surface area contributed by atoms with Gasteiger partial charge >= 0.3 is 6.09 Å². The van der Waals surface area contributed by atoms with Crippen LogP contribution in [0.25, 0.3) is 11.8 Å². The molecule has 0 radical (unpaired) electrons. The maximum atomic E-state index is 14.7. The molecule has 6 nitrogen and oxygen atoms in total. The van der Waals surface area contributed by atoms with Crippen molar-refractivity contribution in [2.45, 2.75) is 58.4 Å². The van der Waals surface area contributed by atoms with E-state index in [2.05, 4.69) is 10.3 Å². The van der Waals surface area contributed by atoms with Gasteiger partial charge in [-0.3, -0.25) is 0 Å². The van der Waals surface area contributed by atoms with Gasteiger partial charge in [-0.2, -0.15) is 0 Å². The van der Waals surface area contributed by atoms with Crippen molar-refractivity contribution in [3.05, 3.63) is 39.9 Å². The second-order valence-corrected chi connectivity index (χ2v) is 9.42. The Morgan fingerprint density at radius 3 is 2.83 bits per heavy atom. The predicted molar refractivity (Wildman–Crippen MR) is 117 cm³/mol. The Kier molecular flexibility index (Phi) is 5.16. The summed E-state index contributed by atoms with van der Waals surface area (Å²) in [5.74, 6) is 0.411. The summed E-state index contributed by atoms with van der Waals surface area (Å²) in [4.78, 5) is 17.5. The van der Waals surface area contributed by atoms with E-state index in [-0.39, 0.29) is 18.1 Å². The third kappa shape index (κ3) is 3.98. The summed E-state index contributed by atoms with van der Waals surface area (Å²) in [7, 11) is 0. The number of hydrogen-bond acceptors (Lipinski definition) is 4. The molecular formula is C23H31FN4O2. The number of aromatic nitrogens is 1. The van der Waals surface area contributed by atoms with Gasteiger partial charge in [-0.1, -0.05) is 6.08 Å². The Hall–Kier alpha value is -2.70. The highest BCUT2D eigenvalue weighted by Gasteiger charge is 2.33. The number of alkyl halides is 1. The van der Waals surface area contributed by atoms with Gasteiger partial charge in [-0.05, 0) is 69.9 Å². The van der Waals surface area contributed by atoms with E-state index in [1.54, 1.807) is 11.0 Å². The van der Waals surface area contributed by atoms with Gasteiger partial charge in [0.25, 0.3) is 0 Å². The molecule has 4 rings (SSSR count). The molecule has 4 N–H and O–H groups in total. The molecule has 0 saturated carbocycles. The zero-order valence-electron chi connectivity index (χ0n) is 18.1. The van der Waals surface area contributed by atoms with Gasteiger partial charge in [0.15, 0.2) is 0 Å². The number of halogens is 1. The van der Waals surface area contributed by atoms with Crippen LogP contribution in [0.3, 0.4) is 0 Å². The quantitative estimate of drug-likeness (QED) is 0.709. The van der Waals surface area contributed by atoms with E-state index in [1.165, 1.54) is 0 Å². The molecule has 2 unspecified atom stereocenters. The number of allylic oxidation sites excluding steroid dienone is 3. The van der Waals surface area contributed by atoms with Crippen LogP contribution in [0.5, 0.6) is 0 Å². The minimum absolute atomic E-state index is 0.0626. The van der Waals surface area contributed by atoms with Crippen LogP contribution >= 0.6 is 0 Å². The Bertz CT molecular complexity index is 1030. The second-order valence-electron chi connectivity index (χ2n) is 9.42. The number of H-pyrrole nitrogens is 1. The topological polar surface area (TPSA) is 83.4 Å². The Morgan fingerprint density at radius 1 is 1.40 bits per heavy atom. The zero-order valence-corrected chi connectivity index (χ0v) is 18.1. The molecule has 1 fully saturated rings. The number of nitrogens with zero attached hydrogens (tertiary/aromatic N) is 1. The summed E-state index contributed by atoms with van der Waals surface area (Å²) in [6.07, 6.45) is 5.92. The van der Waals surface area contributed by atoms with Crippen LogP contribution in [0.2, 0.25) is 0 Å². The van der Waals surface area contributed by atoms with Crippen LogP contribution in [-0.2, 0) is 4.74 Å². The fraction of sp³-hybridized carbons (Fsp3) is 0.522. The van der Waals surface area contributed by atoms with E-state index in [0.29, 0.717) is 18.9 Å². The minimum atomic E-state index is -1.09. The fourth-order valence-corrected chi connectivity index (χ4v) is 4.55. The fourth-order valence-electron chi connectivity index (χ4n) is 4.55. The maximum Gasteiger partial charge on any atom is 0.410 e. The summed E-state index contributed by atoms with van der Waals surface area (Å²) >= 11 is 0. The zero-order chi connectivity index (χ0) is 21.6. The maximum absolute atomic E-state index is 14.7. The molecule has 162 valence electrons. The van der Waals surface area contributed by atoms with Crippen molar-refractivity contribution in [1.29, 1.82) is 0 Å². The van der Waals surface area contributed by atoms with E-state index >= 15 is 0 Å². The molecule has 1 aliphatic heterocycles. The molecule has 0 aromatic carbocycles. The molecule has 1 amide bonds. The summed E-state index contributed by atoms with van der Waals surface area (Å²) in [6.45, 7) is 8.79. The number of anilines is 1. The summed E-state index contributed by atoms with van der Waals surface area (Å²) in [5, 5.41) is 5.53. The summed E-state index contributed by atoms with van der Waals surface area (Å²) in [5.41, 5.74) is 8.13. The van der Waals surface area contributed by atoms with Crippen molar-refractivity contribution in [3.8, 4) is 0 Å². The molecule has 3 atom stereocenters. The number of carbonyl (C=O) groups excluding carboxylic acids is 1. The number of likely N-dealkylation sites (tertiary alicyclic amines) is 1. The third-order valence-electron chi connectivity index (χ3n) is 5.84. The van der Waals surface area contributed by atoms with Crippen molar-refractivity contribution >= 4 is 23.7 Å². The van der Waals surface area contributed by atoms with Gasteiger partial charge in [0.05, 0.1) is 0 Å². The van der Waals surface area contributed by atoms with Crippen molar-refractivity contribution in [1.82, 2.24) is 15.2 Å². The standard InChI is InChI=1S/C23H31FN4O2/c1-13-7-8-17(24)20(13)16-10-18-15(11-19(25)27-18)21(16)26-14-6-5-9-28(12-14)22(29)30-23(2,3)4/h7-8,10-11,14,16-17,26-27H,5-6,9,12,25H2,1-4H3/t14-,16?,17?/m1/s1. The molecular weight excluding hydrogens is 383 g/mol. The number of ether oxygens (including phenoxy) is 1. The number of rotatable bonds is 3. The molecule has 3 aliphatic rings. The lowest BCUT2D eigenvalue weighted by Gasteiger charge is -2.36. The summed E-state index contributed by atoms with van der Waals surface area (Å²) in [6, 6.07) is 1.96. The van der Waals surface area contributed by atoms with E-state index in [1.807, 2.05) is 45.9 Å². The van der Waals surface area contributed by atoms with E-state index < -0.39 is 11.8 Å². The number of nitrogens with one attached hydrogen (secondary N) is 2. The predicted octanol–water partition coefficient (Wildman–Crippen LogP) is 2.33. The highest BCUT2D eigenvalue weighted by molar-refractivity contribution is 5.70. The minimum Gasteiger partial charge on any atom is -0.444 e. The van der Waals surface area contributed by atoms with Crippen LogP contribution in [0.15, 0.2) is 29.4 Å².